The van der Waals surface area contributed by atoms with Crippen molar-refractivity contribution in [3.63, 3.8) is 0 Å². The largest absolute Gasteiger partial charge is 0.377 e. The van der Waals surface area contributed by atoms with E-state index in [4.69, 9.17) is 14.2 Å². The van der Waals surface area contributed by atoms with Gasteiger partial charge >= 0.3 is 0 Å². The second-order valence-corrected chi connectivity index (χ2v) is 6.60. The molecule has 0 radical (unpaired) electrons. The molecule has 6 nitrogen and oxygen atoms in total. The number of carbonyl (C=O) groups excluding carboxylic acids is 2. The number of hydrogen-bond acceptors (Lipinski definition) is 5. The Hall–Kier alpha value is -2.54. The zero-order chi connectivity index (χ0) is 18.6. The molecule has 0 spiro atoms. The maximum Gasteiger partial charge on any atom is 0.261 e. The number of amides is 2. The van der Waals surface area contributed by atoms with Crippen LogP contribution in [0, 0.1) is 0 Å². The van der Waals surface area contributed by atoms with Gasteiger partial charge in [-0.15, -0.1) is 0 Å². The van der Waals surface area contributed by atoms with E-state index in [2.05, 4.69) is 0 Å². The predicted octanol–water partition coefficient (Wildman–Crippen LogP) is 2.63. The standard InChI is InChI=1S/C21H21NO5/c23-20-17-8-4-5-9-18(17)21(24)22(20)16-13-26-19(27-14-16)10-11-25-12-15-6-2-1-3-7-15/h1-9,16,19H,10-14H2. The summed E-state index contributed by atoms with van der Waals surface area (Å²) in [6.07, 6.45) is 0.217. The summed E-state index contributed by atoms with van der Waals surface area (Å²) in [5.41, 5.74) is 2.01. The Kier molecular flexibility index (Phi) is 5.29. The number of rotatable bonds is 6. The van der Waals surface area contributed by atoms with Crippen LogP contribution in [0.15, 0.2) is 54.6 Å². The van der Waals surface area contributed by atoms with E-state index < -0.39 is 6.04 Å². The number of benzene rings is 2. The van der Waals surface area contributed by atoms with Crippen LogP contribution in [0.25, 0.3) is 0 Å². The molecular weight excluding hydrogens is 346 g/mol. The SMILES string of the molecule is O=C1c2ccccc2C(=O)N1C1COC(CCOCc2ccccc2)OC1. The molecule has 0 N–H and O–H groups in total. The number of hydrogen-bond donors (Lipinski definition) is 0. The monoisotopic (exact) mass is 367 g/mol. The van der Waals surface area contributed by atoms with Crippen LogP contribution in [-0.2, 0) is 20.8 Å². The minimum absolute atomic E-state index is 0.273. The molecule has 2 aromatic carbocycles. The topological polar surface area (TPSA) is 65.1 Å². The van der Waals surface area contributed by atoms with Gasteiger partial charge in [0, 0.05) is 6.42 Å². The van der Waals surface area contributed by atoms with Crippen LogP contribution >= 0.6 is 0 Å². The minimum Gasteiger partial charge on any atom is -0.377 e. The molecule has 2 amide bonds. The number of nitrogens with zero attached hydrogens (tertiary/aromatic N) is 1. The summed E-state index contributed by atoms with van der Waals surface area (Å²) in [5, 5.41) is 0. The Balaban J connectivity index is 1.24. The highest BCUT2D eigenvalue weighted by atomic mass is 16.7. The first-order chi connectivity index (χ1) is 13.2. The Morgan fingerprint density at radius 1 is 0.889 bits per heavy atom. The molecule has 27 heavy (non-hydrogen) atoms. The van der Waals surface area contributed by atoms with E-state index in [1.54, 1.807) is 24.3 Å². The molecular formula is C21H21NO5. The van der Waals surface area contributed by atoms with E-state index in [0.29, 0.717) is 30.8 Å². The van der Waals surface area contributed by atoms with Gasteiger partial charge in [0.15, 0.2) is 6.29 Å². The van der Waals surface area contributed by atoms with Gasteiger partial charge in [-0.1, -0.05) is 42.5 Å². The highest BCUT2D eigenvalue weighted by molar-refractivity contribution is 6.21. The van der Waals surface area contributed by atoms with E-state index in [0.717, 1.165) is 5.56 Å². The van der Waals surface area contributed by atoms with Crippen molar-refractivity contribution >= 4 is 11.8 Å². The molecule has 0 aromatic heterocycles. The second kappa shape index (κ2) is 8.00. The third kappa shape index (κ3) is 3.78. The minimum atomic E-state index is -0.404. The van der Waals surface area contributed by atoms with Gasteiger partial charge in [-0.2, -0.15) is 0 Å². The van der Waals surface area contributed by atoms with Gasteiger partial charge in [-0.3, -0.25) is 14.5 Å². The summed E-state index contributed by atoms with van der Waals surface area (Å²) < 4.78 is 17.1. The predicted molar refractivity (Wildman–Crippen MR) is 97.1 cm³/mol. The summed E-state index contributed by atoms with van der Waals surface area (Å²) in [5.74, 6) is -0.560. The van der Waals surface area contributed by atoms with Crippen molar-refractivity contribution in [2.75, 3.05) is 19.8 Å². The van der Waals surface area contributed by atoms with E-state index in [-0.39, 0.29) is 31.3 Å². The normalized spacial score (nSPS) is 22.1. The second-order valence-electron chi connectivity index (χ2n) is 6.60. The Morgan fingerprint density at radius 3 is 2.11 bits per heavy atom. The first-order valence-electron chi connectivity index (χ1n) is 9.06. The molecule has 0 unspecified atom stereocenters. The summed E-state index contributed by atoms with van der Waals surface area (Å²) in [4.78, 5) is 26.3. The Morgan fingerprint density at radius 2 is 1.48 bits per heavy atom. The molecule has 0 atom stereocenters. The Labute approximate surface area is 157 Å². The molecule has 4 rings (SSSR count). The lowest BCUT2D eigenvalue weighted by molar-refractivity contribution is -0.204. The average molecular weight is 367 g/mol. The van der Waals surface area contributed by atoms with Gasteiger partial charge in [0.25, 0.3) is 11.8 Å². The van der Waals surface area contributed by atoms with Crippen LogP contribution in [0.2, 0.25) is 0 Å². The lowest BCUT2D eigenvalue weighted by Gasteiger charge is -2.33. The van der Waals surface area contributed by atoms with Crippen LogP contribution in [0.3, 0.4) is 0 Å². The average Bonchev–Trinajstić information content (AvgIpc) is 2.97. The van der Waals surface area contributed by atoms with E-state index in [1.807, 2.05) is 30.3 Å². The van der Waals surface area contributed by atoms with Crippen LogP contribution in [0.1, 0.15) is 32.7 Å². The van der Waals surface area contributed by atoms with Gasteiger partial charge in [0.05, 0.1) is 43.6 Å². The van der Waals surface area contributed by atoms with Crippen molar-refractivity contribution in [2.24, 2.45) is 0 Å². The van der Waals surface area contributed by atoms with E-state index >= 15 is 0 Å². The summed E-state index contributed by atoms with van der Waals surface area (Å²) >= 11 is 0. The maximum absolute atomic E-state index is 12.5. The molecule has 140 valence electrons. The van der Waals surface area contributed by atoms with Crippen molar-refractivity contribution in [1.82, 2.24) is 4.90 Å². The molecule has 1 fully saturated rings. The van der Waals surface area contributed by atoms with E-state index in [1.165, 1.54) is 4.90 Å². The van der Waals surface area contributed by atoms with Crippen molar-refractivity contribution in [1.29, 1.82) is 0 Å². The molecule has 0 bridgehead atoms. The number of ether oxygens (including phenoxy) is 3. The summed E-state index contributed by atoms with van der Waals surface area (Å²) in [6.45, 7) is 1.60. The molecule has 2 aliphatic heterocycles. The third-order valence-corrected chi connectivity index (χ3v) is 4.75. The molecule has 0 aliphatic carbocycles. The third-order valence-electron chi connectivity index (χ3n) is 4.75. The van der Waals surface area contributed by atoms with E-state index in [9.17, 15) is 9.59 Å². The zero-order valence-electron chi connectivity index (χ0n) is 14.9. The molecule has 1 saturated heterocycles. The number of carbonyl (C=O) groups is 2. The molecule has 2 aromatic rings. The van der Waals surface area contributed by atoms with Crippen molar-refractivity contribution in [3.05, 3.63) is 71.3 Å². The molecule has 6 heteroatoms. The highest BCUT2D eigenvalue weighted by Crippen LogP contribution is 2.26. The highest BCUT2D eigenvalue weighted by Gasteiger charge is 2.41. The van der Waals surface area contributed by atoms with Gasteiger partial charge < -0.3 is 14.2 Å². The van der Waals surface area contributed by atoms with Gasteiger partial charge in [0.2, 0.25) is 0 Å². The van der Waals surface area contributed by atoms with Crippen molar-refractivity contribution < 1.29 is 23.8 Å². The fourth-order valence-electron chi connectivity index (χ4n) is 3.33. The molecule has 2 heterocycles. The first kappa shape index (κ1) is 17.9. The number of fused-ring (bicyclic) bond motifs is 1. The lowest BCUT2D eigenvalue weighted by atomic mass is 10.1. The van der Waals surface area contributed by atoms with Crippen LogP contribution in [0.4, 0.5) is 0 Å². The summed E-state index contributed by atoms with van der Waals surface area (Å²) in [6, 6.07) is 16.4. The molecule has 2 aliphatic rings. The Bertz CT molecular complexity index is 779. The number of imide groups is 1. The van der Waals surface area contributed by atoms with Crippen molar-refractivity contribution in [2.45, 2.75) is 25.4 Å². The van der Waals surface area contributed by atoms with Crippen LogP contribution < -0.4 is 0 Å². The fraction of sp³-hybridized carbons (Fsp3) is 0.333. The quantitative estimate of drug-likeness (QED) is 0.580. The van der Waals surface area contributed by atoms with Crippen LogP contribution in [-0.4, -0.2) is 48.9 Å². The smallest absolute Gasteiger partial charge is 0.261 e. The summed E-state index contributed by atoms with van der Waals surface area (Å²) in [7, 11) is 0. The van der Waals surface area contributed by atoms with Crippen molar-refractivity contribution in [3.8, 4) is 0 Å². The zero-order valence-corrected chi connectivity index (χ0v) is 14.9. The van der Waals surface area contributed by atoms with Gasteiger partial charge in [-0.25, -0.2) is 0 Å². The van der Waals surface area contributed by atoms with Crippen LogP contribution in [0.5, 0.6) is 0 Å². The fourth-order valence-corrected chi connectivity index (χ4v) is 3.33. The lowest BCUT2D eigenvalue weighted by Crippen LogP contribution is -2.50. The van der Waals surface area contributed by atoms with Gasteiger partial charge in [-0.05, 0) is 17.7 Å². The maximum atomic E-state index is 12.5. The first-order valence-corrected chi connectivity index (χ1v) is 9.06. The molecule has 0 saturated carbocycles. The van der Waals surface area contributed by atoms with Gasteiger partial charge in [0.1, 0.15) is 0 Å².